The number of nitrogens with one attached hydrogen (secondary N) is 1. The van der Waals surface area contributed by atoms with E-state index in [1.54, 1.807) is 35.7 Å². The molecule has 1 aliphatic rings. The second kappa shape index (κ2) is 6.95. The van der Waals surface area contributed by atoms with Crippen LogP contribution in [0.1, 0.15) is 13.3 Å². The quantitative estimate of drug-likeness (QED) is 0.774. The maximum absolute atomic E-state index is 12.8. The summed E-state index contributed by atoms with van der Waals surface area (Å²) in [4.78, 5) is 33.2. The Morgan fingerprint density at radius 1 is 1.11 bits per heavy atom. The van der Waals surface area contributed by atoms with Gasteiger partial charge < -0.3 is 5.32 Å². The molecule has 0 saturated heterocycles. The Kier molecular flexibility index (Phi) is 4.33. The number of fused-ring (bicyclic) bond motifs is 1. The third kappa shape index (κ3) is 3.27. The van der Waals surface area contributed by atoms with Crippen LogP contribution in [-0.2, 0) is 9.59 Å². The van der Waals surface area contributed by atoms with E-state index in [4.69, 9.17) is 0 Å². The molecule has 1 aromatic carbocycles. The molecular weight excluding hydrogens is 342 g/mol. The van der Waals surface area contributed by atoms with Gasteiger partial charge in [-0.25, -0.2) is 0 Å². The zero-order chi connectivity index (χ0) is 18.8. The summed E-state index contributed by atoms with van der Waals surface area (Å²) >= 11 is 0. The van der Waals surface area contributed by atoms with Crippen LogP contribution in [0.15, 0.2) is 66.2 Å². The van der Waals surface area contributed by atoms with Gasteiger partial charge in [0, 0.05) is 30.4 Å². The molecule has 1 aliphatic heterocycles. The van der Waals surface area contributed by atoms with Crippen molar-refractivity contribution in [1.29, 1.82) is 0 Å². The van der Waals surface area contributed by atoms with Crippen LogP contribution in [0.4, 0.5) is 11.4 Å². The van der Waals surface area contributed by atoms with E-state index in [1.807, 2.05) is 30.3 Å². The van der Waals surface area contributed by atoms with Crippen molar-refractivity contribution in [2.75, 3.05) is 10.3 Å². The molecule has 134 valence electrons. The van der Waals surface area contributed by atoms with Gasteiger partial charge in [-0.05, 0) is 31.2 Å². The van der Waals surface area contributed by atoms with Crippen molar-refractivity contribution in [3.8, 4) is 0 Å². The second-order valence-electron chi connectivity index (χ2n) is 6.26. The van der Waals surface area contributed by atoms with E-state index in [9.17, 15) is 9.59 Å². The average Bonchev–Trinajstić information content (AvgIpc) is 3.15. The zero-order valence-electron chi connectivity index (χ0n) is 14.7. The molecule has 0 unspecified atom stereocenters. The van der Waals surface area contributed by atoms with Gasteiger partial charge in [0.15, 0.2) is 5.78 Å². The zero-order valence-corrected chi connectivity index (χ0v) is 14.7. The summed E-state index contributed by atoms with van der Waals surface area (Å²) in [6, 6.07) is 12.4. The van der Waals surface area contributed by atoms with Gasteiger partial charge >= 0.3 is 0 Å². The highest BCUT2D eigenvalue weighted by molar-refractivity contribution is 6.44. The Morgan fingerprint density at radius 2 is 1.93 bits per heavy atom. The summed E-state index contributed by atoms with van der Waals surface area (Å²) in [5, 5.41) is 9.65. The number of rotatable bonds is 4. The largest absolute Gasteiger partial charge is 0.320 e. The summed E-state index contributed by atoms with van der Waals surface area (Å²) < 4.78 is 0. The van der Waals surface area contributed by atoms with E-state index < -0.39 is 6.04 Å². The molecule has 1 N–H and O–H groups in total. The number of hydrazone groups is 1. The smallest absolute Gasteiger partial charge is 0.271 e. The molecule has 2 aromatic heterocycles. The van der Waals surface area contributed by atoms with Gasteiger partial charge in [0.2, 0.25) is 0 Å². The molecule has 3 aromatic rings. The number of Topliss-reactive ketones (excluding diaryl/α,β-unsaturated/α-hetero) is 1. The number of nitrogens with zero attached hydrogens (tertiary/aromatic N) is 4. The van der Waals surface area contributed by atoms with Crippen LogP contribution < -0.4 is 10.3 Å². The lowest BCUT2D eigenvalue weighted by Gasteiger charge is -2.20. The summed E-state index contributed by atoms with van der Waals surface area (Å²) in [5.41, 5.74) is 2.44. The van der Waals surface area contributed by atoms with Crippen LogP contribution in [0.3, 0.4) is 0 Å². The minimum absolute atomic E-state index is 0.0380. The van der Waals surface area contributed by atoms with Crippen molar-refractivity contribution in [1.82, 2.24) is 9.97 Å². The Balaban J connectivity index is 1.62. The van der Waals surface area contributed by atoms with Crippen LogP contribution in [-0.4, -0.2) is 33.4 Å². The molecule has 0 saturated carbocycles. The first-order valence-electron chi connectivity index (χ1n) is 8.56. The second-order valence-corrected chi connectivity index (χ2v) is 6.26. The highest BCUT2D eigenvalue weighted by atomic mass is 16.2. The van der Waals surface area contributed by atoms with Gasteiger partial charge in [-0.1, -0.05) is 18.2 Å². The molecular formula is C20H17N5O2. The fraction of sp³-hybridized carbons (Fsp3) is 0.150. The minimum atomic E-state index is -0.482. The van der Waals surface area contributed by atoms with E-state index in [1.165, 1.54) is 6.92 Å². The Labute approximate surface area is 155 Å². The van der Waals surface area contributed by atoms with Gasteiger partial charge in [-0.3, -0.25) is 24.6 Å². The molecule has 4 rings (SSSR count). The molecule has 0 fully saturated rings. The van der Waals surface area contributed by atoms with Gasteiger partial charge in [0.05, 0.1) is 16.9 Å². The SMILES string of the molecule is CC(=O)[C@H]1CC(C(=O)Nc2ccnc3ccncc23)=NN1c1ccccc1. The van der Waals surface area contributed by atoms with E-state index in [2.05, 4.69) is 20.4 Å². The molecule has 1 amide bonds. The number of ketones is 1. The van der Waals surface area contributed by atoms with E-state index in [0.29, 0.717) is 11.4 Å². The number of amides is 1. The first-order valence-corrected chi connectivity index (χ1v) is 8.56. The predicted molar refractivity (Wildman–Crippen MR) is 104 cm³/mol. The fourth-order valence-electron chi connectivity index (χ4n) is 3.08. The lowest BCUT2D eigenvalue weighted by molar-refractivity contribution is -0.118. The van der Waals surface area contributed by atoms with Crippen LogP contribution in [0, 0.1) is 0 Å². The normalized spacial score (nSPS) is 16.3. The minimum Gasteiger partial charge on any atom is -0.320 e. The van der Waals surface area contributed by atoms with E-state index in [0.717, 1.165) is 16.6 Å². The first kappa shape index (κ1) is 16.8. The van der Waals surface area contributed by atoms with Crippen molar-refractivity contribution in [3.05, 3.63) is 61.1 Å². The van der Waals surface area contributed by atoms with Crippen LogP contribution in [0.5, 0.6) is 0 Å². The number of hydrogen-bond donors (Lipinski definition) is 1. The van der Waals surface area contributed by atoms with E-state index in [-0.39, 0.29) is 18.1 Å². The molecule has 0 aliphatic carbocycles. The average molecular weight is 359 g/mol. The molecule has 1 atom stereocenters. The van der Waals surface area contributed by atoms with Crippen molar-refractivity contribution in [2.24, 2.45) is 5.10 Å². The Hall–Kier alpha value is -3.61. The third-order valence-electron chi connectivity index (χ3n) is 4.45. The highest BCUT2D eigenvalue weighted by Crippen LogP contribution is 2.26. The number of carbonyl (C=O) groups excluding carboxylic acids is 2. The first-order chi connectivity index (χ1) is 13.1. The van der Waals surface area contributed by atoms with Gasteiger partial charge in [-0.15, -0.1) is 0 Å². The monoisotopic (exact) mass is 359 g/mol. The highest BCUT2D eigenvalue weighted by Gasteiger charge is 2.34. The van der Waals surface area contributed by atoms with Crippen LogP contribution in [0.25, 0.3) is 10.9 Å². The van der Waals surface area contributed by atoms with Gasteiger partial charge in [0.25, 0.3) is 5.91 Å². The number of benzene rings is 1. The summed E-state index contributed by atoms with van der Waals surface area (Å²) in [6.07, 6.45) is 5.20. The number of hydrogen-bond acceptors (Lipinski definition) is 6. The lowest BCUT2D eigenvalue weighted by atomic mass is 10.1. The van der Waals surface area contributed by atoms with Crippen molar-refractivity contribution < 1.29 is 9.59 Å². The predicted octanol–water partition coefficient (Wildman–Crippen LogP) is 2.79. The molecule has 3 heterocycles. The molecule has 27 heavy (non-hydrogen) atoms. The standard InChI is InChI=1S/C20H17N5O2/c1-13(26)19-11-18(24-25(19)14-5-3-2-4-6-14)20(27)23-17-8-10-22-16-7-9-21-12-15(16)17/h2-10,12,19H,11H2,1H3,(H,22,23,27)/t19-/m1/s1. The topological polar surface area (TPSA) is 87.5 Å². The lowest BCUT2D eigenvalue weighted by Crippen LogP contribution is -2.33. The number of aromatic nitrogens is 2. The van der Waals surface area contributed by atoms with Crippen molar-refractivity contribution in [2.45, 2.75) is 19.4 Å². The Bertz CT molecular complexity index is 1040. The summed E-state index contributed by atoms with van der Waals surface area (Å²) in [7, 11) is 0. The maximum Gasteiger partial charge on any atom is 0.271 e. The van der Waals surface area contributed by atoms with Crippen LogP contribution in [0.2, 0.25) is 0 Å². The third-order valence-corrected chi connectivity index (χ3v) is 4.45. The van der Waals surface area contributed by atoms with Crippen LogP contribution >= 0.6 is 0 Å². The molecule has 7 heteroatoms. The van der Waals surface area contributed by atoms with Gasteiger partial charge in [-0.2, -0.15) is 5.10 Å². The molecule has 0 bridgehead atoms. The van der Waals surface area contributed by atoms with Crippen molar-refractivity contribution in [3.63, 3.8) is 0 Å². The summed E-state index contributed by atoms with van der Waals surface area (Å²) in [5.74, 6) is -0.375. The Morgan fingerprint density at radius 3 is 2.70 bits per heavy atom. The molecule has 7 nitrogen and oxygen atoms in total. The van der Waals surface area contributed by atoms with Gasteiger partial charge in [0.1, 0.15) is 11.8 Å². The fourth-order valence-corrected chi connectivity index (χ4v) is 3.08. The number of anilines is 2. The van der Waals surface area contributed by atoms with Crippen molar-refractivity contribution >= 4 is 39.7 Å². The number of carbonyl (C=O) groups is 2. The number of para-hydroxylation sites is 1. The summed E-state index contributed by atoms with van der Waals surface area (Å²) in [6.45, 7) is 1.51. The molecule has 0 spiro atoms. The molecule has 0 radical (unpaired) electrons. The number of pyridine rings is 2. The maximum atomic E-state index is 12.8. The van der Waals surface area contributed by atoms with E-state index >= 15 is 0 Å².